The third kappa shape index (κ3) is 4.89. The first kappa shape index (κ1) is 24.9. The van der Waals surface area contributed by atoms with Crippen LogP contribution in [0.4, 0.5) is 5.13 Å². The van der Waals surface area contributed by atoms with E-state index in [9.17, 15) is 14.7 Å². The number of amides is 2. The molecule has 3 aromatic rings. The summed E-state index contributed by atoms with van der Waals surface area (Å²) in [5, 5.41) is 18.0. The number of thiazole rings is 1. The van der Waals surface area contributed by atoms with E-state index in [1.165, 1.54) is 11.3 Å². The molecule has 9 nitrogen and oxygen atoms in total. The summed E-state index contributed by atoms with van der Waals surface area (Å²) in [5.74, 6) is -0.327. The highest BCUT2D eigenvalue weighted by molar-refractivity contribution is 7.22. The monoisotopic (exact) mass is 510 g/mol. The zero-order valence-electron chi connectivity index (χ0n) is 21.3. The van der Waals surface area contributed by atoms with Gasteiger partial charge in [0.25, 0.3) is 11.8 Å². The van der Waals surface area contributed by atoms with Crippen molar-refractivity contribution in [1.29, 1.82) is 0 Å². The molecule has 2 amide bonds. The zero-order chi connectivity index (χ0) is 25.6. The van der Waals surface area contributed by atoms with Gasteiger partial charge in [-0.05, 0) is 59.1 Å². The minimum atomic E-state index is -0.390. The van der Waals surface area contributed by atoms with Gasteiger partial charge in [0, 0.05) is 37.8 Å². The third-order valence-electron chi connectivity index (χ3n) is 6.95. The number of hydrogen-bond acceptors (Lipinski definition) is 7. The third-order valence-corrected chi connectivity index (χ3v) is 7.92. The topological polar surface area (TPSA) is 104 Å². The molecule has 36 heavy (non-hydrogen) atoms. The van der Waals surface area contributed by atoms with E-state index in [0.29, 0.717) is 39.8 Å². The average molecular weight is 511 g/mol. The lowest BCUT2D eigenvalue weighted by Gasteiger charge is -2.28. The van der Waals surface area contributed by atoms with E-state index in [2.05, 4.69) is 15.2 Å². The van der Waals surface area contributed by atoms with Crippen molar-refractivity contribution in [2.75, 3.05) is 31.5 Å². The molecular weight excluding hydrogens is 476 g/mol. The maximum absolute atomic E-state index is 13.8. The summed E-state index contributed by atoms with van der Waals surface area (Å²) in [6.07, 6.45) is 2.41. The standard InChI is InChI=1S/C26H34N6O3S/c1-16-7-9-17(10-8-16)23(34)28-25-27-22-21(36-25)20(29-32(22)26(2,3)4)24(35)31-12-5-6-18(31)14-30-13-11-19(33)15-30/h7-10,18-19,33H,5-6,11-15H2,1-4H3,(H,27,28,34)/t18-,19?/m0/s1. The number of rotatable bonds is 5. The molecule has 4 heterocycles. The fourth-order valence-corrected chi connectivity index (χ4v) is 5.96. The number of aliphatic hydroxyl groups is 1. The second kappa shape index (κ2) is 9.57. The molecule has 0 radical (unpaired) electrons. The van der Waals surface area contributed by atoms with Crippen LogP contribution in [0.5, 0.6) is 0 Å². The summed E-state index contributed by atoms with van der Waals surface area (Å²) in [4.78, 5) is 35.5. The van der Waals surface area contributed by atoms with Crippen molar-refractivity contribution in [3.63, 3.8) is 0 Å². The number of aromatic nitrogens is 3. The van der Waals surface area contributed by atoms with Crippen molar-refractivity contribution < 1.29 is 14.7 Å². The summed E-state index contributed by atoms with van der Waals surface area (Å²) >= 11 is 1.29. The van der Waals surface area contributed by atoms with E-state index in [1.807, 2.05) is 44.7 Å². The van der Waals surface area contributed by atoms with Gasteiger partial charge < -0.3 is 10.0 Å². The highest BCUT2D eigenvalue weighted by Crippen LogP contribution is 2.34. The molecule has 5 rings (SSSR count). The van der Waals surface area contributed by atoms with Crippen molar-refractivity contribution in [3.05, 3.63) is 41.1 Å². The molecule has 1 aromatic carbocycles. The number of benzene rings is 1. The highest BCUT2D eigenvalue weighted by atomic mass is 32.1. The van der Waals surface area contributed by atoms with Crippen LogP contribution in [0.15, 0.2) is 24.3 Å². The van der Waals surface area contributed by atoms with E-state index in [1.54, 1.807) is 16.8 Å². The van der Waals surface area contributed by atoms with Crippen LogP contribution in [0.2, 0.25) is 0 Å². The average Bonchev–Trinajstić information content (AvgIpc) is 3.58. The first-order valence-corrected chi connectivity index (χ1v) is 13.4. The molecule has 2 saturated heterocycles. The van der Waals surface area contributed by atoms with E-state index in [-0.39, 0.29) is 29.5 Å². The maximum atomic E-state index is 13.8. The van der Waals surface area contributed by atoms with Crippen molar-refractivity contribution in [3.8, 4) is 0 Å². The largest absolute Gasteiger partial charge is 0.392 e. The predicted octanol–water partition coefficient (Wildman–Crippen LogP) is 3.48. The lowest BCUT2D eigenvalue weighted by atomic mass is 10.1. The fraction of sp³-hybridized carbons (Fsp3) is 0.538. The Morgan fingerprint density at radius 1 is 1.17 bits per heavy atom. The van der Waals surface area contributed by atoms with Gasteiger partial charge in [-0.3, -0.25) is 19.8 Å². The van der Waals surface area contributed by atoms with Crippen LogP contribution in [-0.4, -0.2) is 79.8 Å². The smallest absolute Gasteiger partial charge is 0.276 e. The number of hydrogen-bond donors (Lipinski definition) is 2. The van der Waals surface area contributed by atoms with Crippen molar-refractivity contribution >= 4 is 38.6 Å². The summed E-state index contributed by atoms with van der Waals surface area (Å²) in [6, 6.07) is 7.48. The van der Waals surface area contributed by atoms with E-state index < -0.39 is 0 Å². The van der Waals surface area contributed by atoms with Crippen LogP contribution in [0.1, 0.15) is 66.4 Å². The predicted molar refractivity (Wildman–Crippen MR) is 141 cm³/mol. The van der Waals surface area contributed by atoms with Crippen molar-refractivity contribution in [2.45, 2.75) is 64.6 Å². The summed E-state index contributed by atoms with van der Waals surface area (Å²) in [6.45, 7) is 11.0. The summed E-state index contributed by atoms with van der Waals surface area (Å²) in [7, 11) is 0. The highest BCUT2D eigenvalue weighted by Gasteiger charge is 2.36. The van der Waals surface area contributed by atoms with Crippen LogP contribution >= 0.6 is 11.3 Å². The first-order valence-electron chi connectivity index (χ1n) is 12.6. The molecule has 192 valence electrons. The zero-order valence-corrected chi connectivity index (χ0v) is 22.1. The number of likely N-dealkylation sites (tertiary alicyclic amines) is 2. The van der Waals surface area contributed by atoms with Crippen LogP contribution < -0.4 is 5.32 Å². The Bertz CT molecular complexity index is 1280. The molecule has 0 bridgehead atoms. The second-order valence-corrected chi connectivity index (χ2v) is 11.9. The number of nitrogens with one attached hydrogen (secondary N) is 1. The maximum Gasteiger partial charge on any atom is 0.276 e. The first-order chi connectivity index (χ1) is 17.1. The molecule has 2 aromatic heterocycles. The number of β-amino-alcohol motifs (C(OH)–C–C–N with tert-alkyl or cyclic N) is 1. The molecule has 0 spiro atoms. The molecule has 1 unspecified atom stereocenters. The van der Waals surface area contributed by atoms with Gasteiger partial charge in [0.1, 0.15) is 4.70 Å². The Balaban J connectivity index is 1.43. The molecular formula is C26H34N6O3S. The SMILES string of the molecule is Cc1ccc(C(=O)Nc2nc3c(s2)c(C(=O)N2CCC[C@H]2CN2CCC(O)C2)nn3C(C)(C)C)cc1. The number of carbonyl (C=O) groups excluding carboxylic acids is 2. The number of aryl methyl sites for hydroxylation is 1. The minimum absolute atomic E-state index is 0.0923. The lowest BCUT2D eigenvalue weighted by molar-refractivity contribution is 0.0698. The normalized spacial score (nSPS) is 21.0. The van der Waals surface area contributed by atoms with E-state index >= 15 is 0 Å². The number of fused-ring (bicyclic) bond motifs is 1. The number of nitrogens with zero attached hydrogens (tertiary/aromatic N) is 5. The van der Waals surface area contributed by atoms with Gasteiger partial charge in [-0.1, -0.05) is 29.0 Å². The van der Waals surface area contributed by atoms with Crippen LogP contribution in [0, 0.1) is 6.92 Å². The number of anilines is 1. The molecule has 2 fully saturated rings. The molecule has 2 aliphatic rings. The van der Waals surface area contributed by atoms with Gasteiger partial charge in [0.05, 0.1) is 11.6 Å². The second-order valence-electron chi connectivity index (χ2n) is 10.9. The molecule has 2 aliphatic heterocycles. The molecule has 0 saturated carbocycles. The quantitative estimate of drug-likeness (QED) is 0.545. The van der Waals surface area contributed by atoms with Gasteiger partial charge in [0.2, 0.25) is 0 Å². The molecule has 0 aliphatic carbocycles. The van der Waals surface area contributed by atoms with Crippen LogP contribution in [0.25, 0.3) is 10.3 Å². The molecule has 2 atom stereocenters. The van der Waals surface area contributed by atoms with E-state index in [4.69, 9.17) is 5.10 Å². The summed E-state index contributed by atoms with van der Waals surface area (Å²) < 4.78 is 2.48. The Hall–Kier alpha value is -2.82. The number of aliphatic hydroxyl groups excluding tert-OH is 1. The van der Waals surface area contributed by atoms with Crippen molar-refractivity contribution in [1.82, 2.24) is 24.6 Å². The minimum Gasteiger partial charge on any atom is -0.392 e. The molecule has 2 N–H and O–H groups in total. The van der Waals surface area contributed by atoms with Crippen LogP contribution in [-0.2, 0) is 5.54 Å². The lowest BCUT2D eigenvalue weighted by Crippen LogP contribution is -2.43. The summed E-state index contributed by atoms with van der Waals surface area (Å²) in [5.41, 5.74) is 2.25. The Morgan fingerprint density at radius 2 is 1.92 bits per heavy atom. The van der Waals surface area contributed by atoms with Crippen molar-refractivity contribution in [2.24, 2.45) is 0 Å². The van der Waals surface area contributed by atoms with Gasteiger partial charge in [-0.15, -0.1) is 0 Å². The van der Waals surface area contributed by atoms with E-state index in [0.717, 1.165) is 37.9 Å². The Labute approximate surface area is 215 Å². The number of carbonyl (C=O) groups is 2. The Morgan fingerprint density at radius 3 is 2.58 bits per heavy atom. The Kier molecular flexibility index (Phi) is 6.61. The van der Waals surface area contributed by atoms with Crippen LogP contribution in [0.3, 0.4) is 0 Å². The van der Waals surface area contributed by atoms with Gasteiger partial charge in [0.15, 0.2) is 16.5 Å². The fourth-order valence-electron chi connectivity index (χ4n) is 5.04. The van der Waals surface area contributed by atoms with Gasteiger partial charge in [-0.25, -0.2) is 4.68 Å². The van der Waals surface area contributed by atoms with Gasteiger partial charge in [-0.2, -0.15) is 10.1 Å². The molecule has 10 heteroatoms. The van der Waals surface area contributed by atoms with Gasteiger partial charge >= 0.3 is 0 Å².